The maximum Gasteiger partial charge on any atom is 0.257 e. The van der Waals surface area contributed by atoms with Gasteiger partial charge >= 0.3 is 0 Å². The fraction of sp³-hybridized carbons (Fsp3) is 0.167. The number of carbonyl (C=O) groups is 1. The minimum absolute atomic E-state index is 0.0827. The summed E-state index contributed by atoms with van der Waals surface area (Å²) in [5.41, 5.74) is 7.62. The highest BCUT2D eigenvalue weighted by molar-refractivity contribution is 6.30. The molecule has 1 atom stereocenters. The van der Waals surface area contributed by atoms with E-state index in [2.05, 4.69) is 10.1 Å². The molecular weight excluding hydrogens is 324 g/mol. The molecule has 0 spiro atoms. The van der Waals surface area contributed by atoms with Crippen molar-refractivity contribution in [3.8, 4) is 11.4 Å². The Morgan fingerprint density at radius 1 is 1.17 bits per heavy atom. The van der Waals surface area contributed by atoms with E-state index in [4.69, 9.17) is 17.3 Å². The lowest BCUT2D eigenvalue weighted by atomic mass is 9.96. The van der Waals surface area contributed by atoms with Crippen LogP contribution in [0.15, 0.2) is 54.6 Å². The van der Waals surface area contributed by atoms with Crippen LogP contribution in [-0.4, -0.2) is 20.7 Å². The molecule has 1 heterocycles. The number of anilines is 1. The first-order valence-electron chi connectivity index (χ1n) is 7.67. The van der Waals surface area contributed by atoms with Gasteiger partial charge in [0.05, 0.1) is 5.92 Å². The molecule has 0 saturated carbocycles. The fourth-order valence-electron chi connectivity index (χ4n) is 2.59. The highest BCUT2D eigenvalue weighted by atomic mass is 35.5. The standard InChI is InChI=1S/C18H17ClN4O/c1-2-15(12-6-4-3-5-7-12)17(24)23-18(20)21-16(22-23)13-8-10-14(19)11-9-13/h3-11,15H,2H2,1H3,(H2,20,21,22). The lowest BCUT2D eigenvalue weighted by Gasteiger charge is -2.13. The number of nitrogens with two attached hydrogens (primary N) is 1. The Balaban J connectivity index is 1.94. The number of rotatable bonds is 4. The normalized spacial score (nSPS) is 12.1. The molecule has 0 aliphatic heterocycles. The molecule has 0 radical (unpaired) electrons. The average Bonchev–Trinajstić information content (AvgIpc) is 2.99. The number of nitrogens with zero attached hydrogens (tertiary/aromatic N) is 3. The van der Waals surface area contributed by atoms with E-state index in [0.717, 1.165) is 11.1 Å². The van der Waals surface area contributed by atoms with E-state index >= 15 is 0 Å². The molecule has 5 nitrogen and oxygen atoms in total. The number of aromatic nitrogens is 3. The van der Waals surface area contributed by atoms with E-state index in [9.17, 15) is 4.79 Å². The van der Waals surface area contributed by atoms with Gasteiger partial charge < -0.3 is 5.73 Å². The maximum absolute atomic E-state index is 12.9. The van der Waals surface area contributed by atoms with Crippen LogP contribution in [0.4, 0.5) is 5.95 Å². The van der Waals surface area contributed by atoms with Gasteiger partial charge in [-0.25, -0.2) is 0 Å². The lowest BCUT2D eigenvalue weighted by Crippen LogP contribution is -2.22. The van der Waals surface area contributed by atoms with Gasteiger partial charge in [-0.1, -0.05) is 48.9 Å². The lowest BCUT2D eigenvalue weighted by molar-refractivity contribution is 0.0862. The van der Waals surface area contributed by atoms with Gasteiger partial charge in [-0.2, -0.15) is 9.67 Å². The first kappa shape index (κ1) is 16.2. The molecule has 0 amide bonds. The van der Waals surface area contributed by atoms with Crippen molar-refractivity contribution in [2.45, 2.75) is 19.3 Å². The second kappa shape index (κ2) is 6.84. The van der Waals surface area contributed by atoms with Gasteiger partial charge in [0.1, 0.15) is 0 Å². The average molecular weight is 341 g/mol. The fourth-order valence-corrected chi connectivity index (χ4v) is 2.72. The summed E-state index contributed by atoms with van der Waals surface area (Å²) in [5.74, 6) is -0.0121. The molecule has 24 heavy (non-hydrogen) atoms. The van der Waals surface area contributed by atoms with Gasteiger partial charge in [0.15, 0.2) is 5.82 Å². The first-order chi connectivity index (χ1) is 11.6. The summed E-state index contributed by atoms with van der Waals surface area (Å²) >= 11 is 5.89. The zero-order valence-corrected chi connectivity index (χ0v) is 13.9. The van der Waals surface area contributed by atoms with Gasteiger partial charge in [-0.05, 0) is 36.2 Å². The molecule has 0 aliphatic carbocycles. The molecule has 2 N–H and O–H groups in total. The van der Waals surface area contributed by atoms with Crippen LogP contribution in [0.2, 0.25) is 5.02 Å². The van der Waals surface area contributed by atoms with Gasteiger partial charge in [0.25, 0.3) is 5.91 Å². The molecule has 1 unspecified atom stereocenters. The monoisotopic (exact) mass is 340 g/mol. The summed E-state index contributed by atoms with van der Waals surface area (Å²) in [4.78, 5) is 17.1. The van der Waals surface area contributed by atoms with E-state index in [1.807, 2.05) is 37.3 Å². The maximum atomic E-state index is 12.9. The van der Waals surface area contributed by atoms with Crippen molar-refractivity contribution in [2.75, 3.05) is 5.73 Å². The van der Waals surface area contributed by atoms with Crippen LogP contribution in [0.3, 0.4) is 0 Å². The molecular formula is C18H17ClN4O. The van der Waals surface area contributed by atoms with Crippen LogP contribution in [0.5, 0.6) is 0 Å². The minimum Gasteiger partial charge on any atom is -0.368 e. The molecule has 0 saturated heterocycles. The number of benzene rings is 2. The molecule has 0 bridgehead atoms. The molecule has 3 rings (SSSR count). The van der Waals surface area contributed by atoms with Crippen LogP contribution in [0.25, 0.3) is 11.4 Å². The number of nitrogen functional groups attached to an aromatic ring is 1. The van der Waals surface area contributed by atoms with Crippen molar-refractivity contribution in [3.63, 3.8) is 0 Å². The third-order valence-corrected chi connectivity index (χ3v) is 4.10. The van der Waals surface area contributed by atoms with Crippen molar-refractivity contribution in [1.29, 1.82) is 0 Å². The topological polar surface area (TPSA) is 73.8 Å². The van der Waals surface area contributed by atoms with Gasteiger partial charge in [-0.15, -0.1) is 5.10 Å². The Morgan fingerprint density at radius 3 is 2.46 bits per heavy atom. The predicted octanol–water partition coefficient (Wildman–Crippen LogP) is 4.01. The van der Waals surface area contributed by atoms with Gasteiger partial charge in [0.2, 0.25) is 5.95 Å². The molecule has 2 aromatic carbocycles. The second-order valence-electron chi connectivity index (χ2n) is 5.42. The van der Waals surface area contributed by atoms with Crippen LogP contribution in [0.1, 0.15) is 29.6 Å². The van der Waals surface area contributed by atoms with Gasteiger partial charge in [0, 0.05) is 10.6 Å². The summed E-state index contributed by atoms with van der Waals surface area (Å²) < 4.78 is 1.19. The van der Waals surface area contributed by atoms with E-state index in [1.165, 1.54) is 4.68 Å². The molecule has 1 aromatic heterocycles. The molecule has 122 valence electrons. The second-order valence-corrected chi connectivity index (χ2v) is 5.86. The van der Waals surface area contributed by atoms with Crippen molar-refractivity contribution >= 4 is 23.5 Å². The zero-order chi connectivity index (χ0) is 17.1. The van der Waals surface area contributed by atoms with Crippen LogP contribution >= 0.6 is 11.6 Å². The first-order valence-corrected chi connectivity index (χ1v) is 8.05. The van der Waals surface area contributed by atoms with Crippen molar-refractivity contribution in [1.82, 2.24) is 14.8 Å². The Labute approximate surface area is 145 Å². The summed E-state index contributed by atoms with van der Waals surface area (Å²) in [6, 6.07) is 16.7. The molecule has 0 aliphatic rings. The minimum atomic E-state index is -0.312. The Bertz CT molecular complexity index is 843. The Hall–Kier alpha value is -2.66. The summed E-state index contributed by atoms with van der Waals surface area (Å²) in [6.45, 7) is 1.96. The molecule has 6 heteroatoms. The van der Waals surface area contributed by atoms with Crippen LogP contribution in [-0.2, 0) is 0 Å². The van der Waals surface area contributed by atoms with E-state index in [1.54, 1.807) is 24.3 Å². The van der Waals surface area contributed by atoms with Crippen LogP contribution < -0.4 is 5.73 Å². The predicted molar refractivity (Wildman–Crippen MR) is 95.0 cm³/mol. The summed E-state index contributed by atoms with van der Waals surface area (Å²) in [5, 5.41) is 4.91. The quantitative estimate of drug-likeness (QED) is 0.778. The third-order valence-electron chi connectivity index (χ3n) is 3.85. The van der Waals surface area contributed by atoms with Crippen molar-refractivity contribution < 1.29 is 4.79 Å². The highest BCUT2D eigenvalue weighted by Gasteiger charge is 2.24. The Morgan fingerprint density at radius 2 is 1.83 bits per heavy atom. The van der Waals surface area contributed by atoms with Crippen molar-refractivity contribution in [2.24, 2.45) is 0 Å². The largest absolute Gasteiger partial charge is 0.368 e. The van der Waals surface area contributed by atoms with Crippen LogP contribution in [0, 0.1) is 0 Å². The van der Waals surface area contributed by atoms with E-state index < -0.39 is 0 Å². The highest BCUT2D eigenvalue weighted by Crippen LogP contribution is 2.24. The zero-order valence-electron chi connectivity index (χ0n) is 13.2. The van der Waals surface area contributed by atoms with Crippen molar-refractivity contribution in [3.05, 3.63) is 65.2 Å². The number of carbonyl (C=O) groups excluding carboxylic acids is 1. The van der Waals surface area contributed by atoms with E-state index in [0.29, 0.717) is 17.3 Å². The number of hydrogen-bond donors (Lipinski definition) is 1. The summed E-state index contributed by atoms with van der Waals surface area (Å²) in [7, 11) is 0. The number of halogens is 1. The van der Waals surface area contributed by atoms with Gasteiger partial charge in [-0.3, -0.25) is 4.79 Å². The number of hydrogen-bond acceptors (Lipinski definition) is 4. The Kier molecular flexibility index (Phi) is 4.62. The van der Waals surface area contributed by atoms with E-state index in [-0.39, 0.29) is 17.8 Å². The summed E-state index contributed by atoms with van der Waals surface area (Å²) in [6.07, 6.45) is 0.651. The molecule has 3 aromatic rings. The third kappa shape index (κ3) is 3.16. The molecule has 0 fully saturated rings. The SMILES string of the molecule is CCC(C(=O)n1nc(-c2ccc(Cl)cc2)nc1N)c1ccccc1. The smallest absolute Gasteiger partial charge is 0.257 e.